The maximum absolute atomic E-state index is 16.5. The van der Waals surface area contributed by atoms with Crippen molar-refractivity contribution in [2.75, 3.05) is 19.6 Å². The quantitative estimate of drug-likeness (QED) is 0.0706. The van der Waals surface area contributed by atoms with E-state index < -0.39 is 46.5 Å². The highest BCUT2D eigenvalue weighted by Crippen LogP contribution is 2.54. The van der Waals surface area contributed by atoms with Crippen LogP contribution in [0.1, 0.15) is 44.5 Å². The number of halogens is 8. The van der Waals surface area contributed by atoms with Crippen molar-refractivity contribution in [2.45, 2.75) is 55.4 Å². The molecular formula is C112H80F8N4. The molecule has 0 N–H and O–H groups in total. The minimum absolute atomic E-state index is 0.200. The molecule has 0 unspecified atom stereocenters. The Hall–Kier alpha value is -14.9. The molecule has 20 rings (SSSR count). The highest BCUT2D eigenvalue weighted by molar-refractivity contribution is 6.30. The van der Waals surface area contributed by atoms with Crippen LogP contribution in [0.25, 0.3) is 109 Å². The first-order valence-corrected chi connectivity index (χ1v) is 41.2. The molecule has 20 aromatic carbocycles. The second kappa shape index (κ2) is 31.9. The minimum Gasteiger partial charge on any atom is -0.307 e. The molecule has 0 spiro atoms. The molecule has 604 valence electrons. The monoisotopic (exact) mass is 1630 g/mol. The number of para-hydroxylation sites is 4. The van der Waals surface area contributed by atoms with Crippen LogP contribution in [0, 0.1) is 102 Å². The van der Waals surface area contributed by atoms with Crippen molar-refractivity contribution in [1.29, 1.82) is 0 Å². The third-order valence-corrected chi connectivity index (χ3v) is 24.2. The lowest BCUT2D eigenvalue weighted by atomic mass is 9.91. The largest absolute Gasteiger partial charge is 0.307 e. The van der Waals surface area contributed by atoms with Crippen molar-refractivity contribution in [3.8, 4) is 44.5 Å². The lowest BCUT2D eigenvalue weighted by molar-refractivity contribution is 0.585. The zero-order valence-corrected chi connectivity index (χ0v) is 69.1. The summed E-state index contributed by atoms with van der Waals surface area (Å²) in [5.41, 5.74) is 17.7. The Morgan fingerprint density at radius 1 is 0.169 bits per heavy atom. The average molecular weight is 1630 g/mol. The van der Waals surface area contributed by atoms with Gasteiger partial charge in [-0.1, -0.05) is 230 Å². The summed E-state index contributed by atoms with van der Waals surface area (Å²) >= 11 is 0. The zero-order chi connectivity index (χ0) is 85.6. The van der Waals surface area contributed by atoms with E-state index in [1.54, 1.807) is 24.3 Å². The van der Waals surface area contributed by atoms with Gasteiger partial charge in [-0.2, -0.15) is 0 Å². The number of hydrogen-bond acceptors (Lipinski definition) is 4. The van der Waals surface area contributed by atoms with Crippen LogP contribution in [0.2, 0.25) is 0 Å². The molecule has 0 aliphatic heterocycles. The Labute approximate surface area is 714 Å². The third kappa shape index (κ3) is 13.9. The standard InChI is InChI=1S/2C56H40F4N2/c1-33-13-11-14-34(2)53(33)43-29-51(47(59)31-45(43)57)61(39-17-7-5-8-18-39)49-27-23-37-22-26-42-50(28-24-38-21-25-41(49)55(37)56(38)42)62(40-19-9-6-10-20-40)52-30-44(46(58)32-48(52)60)54-35(3)15-12-16-36(54)4;1-33-15-17-35(3)43(27-33)45-29-53(49(59)31-47(45)57)61(39-11-7-5-8-12-39)51-25-21-37-20-24-42-52(26-22-38-19-23-41(51)55(37)56(38)42)62(40-13-9-6-10-14-40)54-30-46(48(58)32-50(54)60)44-28-34(2)16-18-36(44)4/h2*5-32H,1-4H3. The van der Waals surface area contributed by atoms with E-state index in [0.717, 1.165) is 145 Å². The second-order valence-corrected chi connectivity index (χ2v) is 32.2. The third-order valence-electron chi connectivity index (χ3n) is 24.2. The van der Waals surface area contributed by atoms with Gasteiger partial charge in [0.05, 0.1) is 45.5 Å². The summed E-state index contributed by atoms with van der Waals surface area (Å²) in [4.78, 5) is 7.43. The number of hydrogen-bond donors (Lipinski definition) is 0. The first kappa shape index (κ1) is 78.9. The van der Waals surface area contributed by atoms with E-state index in [4.69, 9.17) is 0 Å². The van der Waals surface area contributed by atoms with E-state index in [2.05, 4.69) is 0 Å². The van der Waals surface area contributed by atoms with Gasteiger partial charge in [-0.05, 0) is 251 Å². The van der Waals surface area contributed by atoms with Crippen molar-refractivity contribution < 1.29 is 35.1 Å². The number of aryl methyl sites for hydroxylation is 8. The summed E-state index contributed by atoms with van der Waals surface area (Å²) in [6.07, 6.45) is 0. The summed E-state index contributed by atoms with van der Waals surface area (Å²) in [7, 11) is 0. The molecule has 0 aliphatic rings. The van der Waals surface area contributed by atoms with Crippen LogP contribution >= 0.6 is 0 Å². The number of nitrogens with zero attached hydrogens (tertiary/aromatic N) is 4. The van der Waals surface area contributed by atoms with Crippen LogP contribution < -0.4 is 19.6 Å². The molecule has 124 heavy (non-hydrogen) atoms. The SMILES string of the molecule is Cc1ccc(C)c(-c2cc(N(c3ccccc3)c3ccc4ccc5c(N(c6ccccc6)c6cc(-c7cc(C)ccc7C)c(F)cc6F)ccc6ccc3c4c65)c(F)cc2F)c1.Cc1cccc(C)c1-c1cc(N(c2ccccc2)c2ccc3ccc4c(N(c5ccccc5)c5cc(-c6c(C)cccc6C)c(F)cc5F)ccc5ccc2c3c54)c(F)cc1F. The molecule has 0 saturated heterocycles. The van der Waals surface area contributed by atoms with Gasteiger partial charge in [0.2, 0.25) is 0 Å². The van der Waals surface area contributed by atoms with E-state index in [-0.39, 0.29) is 22.7 Å². The highest BCUT2D eigenvalue weighted by atomic mass is 19.2. The average Bonchev–Trinajstić information content (AvgIpc) is 0.719. The summed E-state index contributed by atoms with van der Waals surface area (Å²) in [5.74, 6) is -5.36. The fourth-order valence-electron chi connectivity index (χ4n) is 18.4. The highest BCUT2D eigenvalue weighted by Gasteiger charge is 2.31. The summed E-state index contributed by atoms with van der Waals surface area (Å²) < 4.78 is 130. The van der Waals surface area contributed by atoms with Gasteiger partial charge in [0.1, 0.15) is 46.5 Å². The van der Waals surface area contributed by atoms with Crippen LogP contribution in [0.5, 0.6) is 0 Å². The van der Waals surface area contributed by atoms with Gasteiger partial charge in [-0.15, -0.1) is 0 Å². The van der Waals surface area contributed by atoms with Crippen LogP contribution in [0.15, 0.2) is 340 Å². The Kier molecular flexibility index (Phi) is 20.3. The molecular weight excluding hydrogens is 1550 g/mol. The van der Waals surface area contributed by atoms with Gasteiger partial charge in [0, 0.05) is 90.8 Å². The summed E-state index contributed by atoms with van der Waals surface area (Å²) in [6.45, 7) is 15.5. The smallest absolute Gasteiger partial charge is 0.150 e. The Morgan fingerprint density at radius 2 is 0.403 bits per heavy atom. The maximum atomic E-state index is 16.5. The van der Waals surface area contributed by atoms with E-state index >= 15 is 35.1 Å². The van der Waals surface area contributed by atoms with Gasteiger partial charge < -0.3 is 19.6 Å². The molecule has 0 bridgehead atoms. The van der Waals surface area contributed by atoms with Gasteiger partial charge in [0.15, 0.2) is 0 Å². The predicted molar refractivity (Wildman–Crippen MR) is 498 cm³/mol. The molecule has 4 nitrogen and oxygen atoms in total. The number of benzene rings is 20. The predicted octanol–water partition coefficient (Wildman–Crippen LogP) is 33.3. The van der Waals surface area contributed by atoms with E-state index in [1.807, 2.05) is 366 Å². The molecule has 0 fully saturated rings. The first-order valence-electron chi connectivity index (χ1n) is 41.2. The molecule has 0 heterocycles. The molecule has 0 radical (unpaired) electrons. The fourth-order valence-corrected chi connectivity index (χ4v) is 18.4. The minimum atomic E-state index is -0.701. The van der Waals surface area contributed by atoms with Crippen LogP contribution in [-0.4, -0.2) is 0 Å². The van der Waals surface area contributed by atoms with Gasteiger partial charge >= 0.3 is 0 Å². The van der Waals surface area contributed by atoms with Gasteiger partial charge in [-0.25, -0.2) is 35.1 Å². The van der Waals surface area contributed by atoms with Crippen LogP contribution in [0.4, 0.5) is 103 Å². The van der Waals surface area contributed by atoms with Crippen molar-refractivity contribution in [3.05, 3.63) is 431 Å². The second-order valence-electron chi connectivity index (χ2n) is 32.2. The number of rotatable bonds is 16. The zero-order valence-electron chi connectivity index (χ0n) is 69.1. The van der Waals surface area contributed by atoms with Gasteiger partial charge in [-0.3, -0.25) is 0 Å². The van der Waals surface area contributed by atoms with E-state index in [1.165, 1.54) is 0 Å². The van der Waals surface area contributed by atoms with Crippen molar-refractivity contribution in [2.24, 2.45) is 0 Å². The normalized spacial score (nSPS) is 11.5. The number of anilines is 12. The molecule has 0 atom stereocenters. The van der Waals surface area contributed by atoms with Crippen molar-refractivity contribution in [3.63, 3.8) is 0 Å². The van der Waals surface area contributed by atoms with Crippen molar-refractivity contribution in [1.82, 2.24) is 0 Å². The lowest BCUT2D eigenvalue weighted by Gasteiger charge is -2.30. The van der Waals surface area contributed by atoms with Crippen molar-refractivity contribution >= 4 is 133 Å². The molecule has 20 aromatic rings. The van der Waals surface area contributed by atoms with Gasteiger partial charge in [0.25, 0.3) is 0 Å². The Balaban J connectivity index is 0.000000163. The Bertz CT molecular complexity index is 7100. The van der Waals surface area contributed by atoms with Crippen LogP contribution in [0.3, 0.4) is 0 Å². The summed E-state index contributed by atoms with van der Waals surface area (Å²) in [5, 5.41) is 10.9. The lowest BCUT2D eigenvalue weighted by Crippen LogP contribution is -2.14. The first-order chi connectivity index (χ1) is 60.1. The van der Waals surface area contributed by atoms with Crippen LogP contribution in [-0.2, 0) is 0 Å². The summed E-state index contributed by atoms with van der Waals surface area (Å²) in [6, 6.07) is 104. The molecule has 0 saturated carbocycles. The van der Waals surface area contributed by atoms with E-state index in [0.29, 0.717) is 78.9 Å². The topological polar surface area (TPSA) is 13.0 Å². The Morgan fingerprint density at radius 3 is 0.661 bits per heavy atom. The molecule has 0 aliphatic carbocycles. The molecule has 0 amide bonds. The fraction of sp³-hybridized carbons (Fsp3) is 0.0714. The molecule has 12 heteroatoms. The maximum Gasteiger partial charge on any atom is 0.150 e. The van der Waals surface area contributed by atoms with E-state index in [9.17, 15) is 0 Å². The molecule has 0 aromatic heterocycles.